The van der Waals surface area contributed by atoms with Crippen molar-refractivity contribution in [2.45, 2.75) is 25.3 Å². The summed E-state index contributed by atoms with van der Waals surface area (Å²) >= 11 is 0. The number of fused-ring (bicyclic) bond motifs is 1. The van der Waals surface area contributed by atoms with Gasteiger partial charge in [-0.25, -0.2) is 4.98 Å². The van der Waals surface area contributed by atoms with Crippen LogP contribution in [0.5, 0.6) is 17.6 Å². The second-order valence-electron chi connectivity index (χ2n) is 7.63. The highest BCUT2D eigenvalue weighted by Crippen LogP contribution is 2.39. The van der Waals surface area contributed by atoms with E-state index < -0.39 is 5.82 Å². The van der Waals surface area contributed by atoms with Crippen molar-refractivity contribution in [3.63, 3.8) is 0 Å². The van der Waals surface area contributed by atoms with Gasteiger partial charge in [-0.3, -0.25) is 0 Å². The van der Waals surface area contributed by atoms with Crippen LogP contribution >= 0.6 is 0 Å². The van der Waals surface area contributed by atoms with Gasteiger partial charge in [0.2, 0.25) is 5.82 Å². The minimum atomic E-state index is -0.669. The van der Waals surface area contributed by atoms with Crippen molar-refractivity contribution in [3.8, 4) is 30.0 Å². The molecule has 0 radical (unpaired) electrons. The predicted octanol–water partition coefficient (Wildman–Crippen LogP) is 3.58. The van der Waals surface area contributed by atoms with Gasteiger partial charge in [0.15, 0.2) is 0 Å². The number of para-hydroxylation sites is 1. The van der Waals surface area contributed by atoms with E-state index in [1.54, 1.807) is 6.07 Å². The van der Waals surface area contributed by atoms with Crippen LogP contribution < -0.4 is 19.7 Å². The molecule has 3 aromatic rings. The molecule has 2 saturated heterocycles. The summed E-state index contributed by atoms with van der Waals surface area (Å²) in [5.41, 5.74) is 1.57. The first kappa shape index (κ1) is 19.5. The number of terminal acetylenes is 1. The van der Waals surface area contributed by atoms with E-state index in [-0.39, 0.29) is 23.4 Å². The maximum atomic E-state index is 15.6. The summed E-state index contributed by atoms with van der Waals surface area (Å²) in [5.74, 6) is 2.88. The fourth-order valence-corrected chi connectivity index (χ4v) is 4.04. The standard InChI is InChI=1S/C23H22FN5O2/c1-3-14-7-4-8-15(17-9-5-10-25-17)20(14)31-22-18(24)19-16(13-26-23(27-19)30-2)21(28-22)29-11-6-12-29/h1,4,7-8,13,17,25H,5-6,9-12H2,2H3. The smallest absolute Gasteiger partial charge is 0.316 e. The van der Waals surface area contributed by atoms with Crippen molar-refractivity contribution >= 4 is 16.7 Å². The average molecular weight is 419 g/mol. The largest absolute Gasteiger partial charge is 0.467 e. The lowest BCUT2D eigenvalue weighted by Gasteiger charge is -2.33. The number of methoxy groups -OCH3 is 1. The van der Waals surface area contributed by atoms with Crippen molar-refractivity contribution in [3.05, 3.63) is 41.3 Å². The molecule has 1 aromatic carbocycles. The number of nitrogens with zero attached hydrogens (tertiary/aromatic N) is 4. The van der Waals surface area contributed by atoms with Crippen molar-refractivity contribution < 1.29 is 13.9 Å². The van der Waals surface area contributed by atoms with E-state index in [1.165, 1.54) is 13.3 Å². The lowest BCUT2D eigenvalue weighted by atomic mass is 10.0. The Morgan fingerprint density at radius 2 is 2.13 bits per heavy atom. The van der Waals surface area contributed by atoms with Gasteiger partial charge in [-0.05, 0) is 31.9 Å². The summed E-state index contributed by atoms with van der Waals surface area (Å²) < 4.78 is 26.8. The van der Waals surface area contributed by atoms with Crippen LogP contribution in [0.2, 0.25) is 0 Å². The Morgan fingerprint density at radius 3 is 2.81 bits per heavy atom. The molecule has 2 aliphatic rings. The van der Waals surface area contributed by atoms with Crippen molar-refractivity contribution in [1.82, 2.24) is 20.3 Å². The molecule has 1 N–H and O–H groups in total. The first-order valence-corrected chi connectivity index (χ1v) is 10.4. The lowest BCUT2D eigenvalue weighted by Crippen LogP contribution is -2.37. The van der Waals surface area contributed by atoms with Crippen LogP contribution in [-0.2, 0) is 0 Å². The highest BCUT2D eigenvalue weighted by atomic mass is 19.1. The van der Waals surface area contributed by atoms with Crippen molar-refractivity contribution in [2.24, 2.45) is 0 Å². The number of halogens is 1. The third kappa shape index (κ3) is 3.41. The van der Waals surface area contributed by atoms with Crippen LogP contribution in [0.25, 0.3) is 10.9 Å². The zero-order valence-corrected chi connectivity index (χ0v) is 17.2. The van der Waals surface area contributed by atoms with E-state index in [0.717, 1.165) is 44.5 Å². The predicted molar refractivity (Wildman–Crippen MR) is 115 cm³/mol. The topological polar surface area (TPSA) is 72.4 Å². The molecule has 158 valence electrons. The summed E-state index contributed by atoms with van der Waals surface area (Å²) in [5, 5.41) is 3.97. The molecule has 7 nitrogen and oxygen atoms in total. The molecule has 0 aliphatic carbocycles. The molecule has 0 spiro atoms. The molecule has 1 unspecified atom stereocenters. The second-order valence-corrected chi connectivity index (χ2v) is 7.63. The molecule has 1 atom stereocenters. The maximum Gasteiger partial charge on any atom is 0.316 e. The third-order valence-corrected chi connectivity index (χ3v) is 5.78. The Kier molecular flexibility index (Phi) is 5.04. The second kappa shape index (κ2) is 8.00. The molecule has 2 fully saturated rings. The molecule has 2 aromatic heterocycles. The van der Waals surface area contributed by atoms with E-state index in [0.29, 0.717) is 22.5 Å². The van der Waals surface area contributed by atoms with E-state index in [9.17, 15) is 0 Å². The zero-order valence-electron chi connectivity index (χ0n) is 17.2. The summed E-state index contributed by atoms with van der Waals surface area (Å²) in [6.45, 7) is 2.58. The van der Waals surface area contributed by atoms with Crippen molar-refractivity contribution in [1.29, 1.82) is 0 Å². The van der Waals surface area contributed by atoms with Gasteiger partial charge in [0.25, 0.3) is 5.88 Å². The molecule has 8 heteroatoms. The number of ether oxygens (including phenoxy) is 2. The molecule has 31 heavy (non-hydrogen) atoms. The van der Waals surface area contributed by atoms with E-state index >= 15 is 4.39 Å². The van der Waals surface area contributed by atoms with Crippen LogP contribution in [0.3, 0.4) is 0 Å². The molecular weight excluding hydrogens is 397 g/mol. The molecule has 4 heterocycles. The lowest BCUT2D eigenvalue weighted by molar-refractivity contribution is 0.380. The molecular formula is C23H22FN5O2. The van der Waals surface area contributed by atoms with E-state index in [1.807, 2.05) is 12.1 Å². The van der Waals surface area contributed by atoms with Gasteiger partial charge in [-0.15, -0.1) is 6.42 Å². The molecule has 0 amide bonds. The summed E-state index contributed by atoms with van der Waals surface area (Å²) in [7, 11) is 1.44. The Morgan fingerprint density at radius 1 is 1.26 bits per heavy atom. The number of hydrogen-bond donors (Lipinski definition) is 1. The van der Waals surface area contributed by atoms with E-state index in [4.69, 9.17) is 15.9 Å². The van der Waals surface area contributed by atoms with Crippen LogP contribution in [0.4, 0.5) is 10.2 Å². The Labute approximate surface area is 179 Å². The molecule has 0 bridgehead atoms. The SMILES string of the molecule is C#Cc1cccc(C2CCCN2)c1Oc1nc(N2CCC2)c2cnc(OC)nc2c1F. The van der Waals surface area contributed by atoms with Gasteiger partial charge in [-0.2, -0.15) is 14.4 Å². The van der Waals surface area contributed by atoms with Gasteiger partial charge in [0.05, 0.1) is 18.1 Å². The third-order valence-electron chi connectivity index (χ3n) is 5.78. The monoisotopic (exact) mass is 419 g/mol. The zero-order chi connectivity index (χ0) is 21.4. The highest BCUT2D eigenvalue weighted by Gasteiger charge is 2.27. The summed E-state index contributed by atoms with van der Waals surface area (Å²) in [6, 6.07) is 5.82. The van der Waals surface area contributed by atoms with E-state index in [2.05, 4.69) is 31.1 Å². The summed E-state index contributed by atoms with van der Waals surface area (Å²) in [6.07, 6.45) is 10.3. The van der Waals surface area contributed by atoms with Gasteiger partial charge < -0.3 is 19.7 Å². The minimum absolute atomic E-state index is 0.0815. The Hall–Kier alpha value is -3.44. The molecule has 5 rings (SSSR count). The van der Waals surface area contributed by atoms with Gasteiger partial charge in [-0.1, -0.05) is 18.1 Å². The Bertz CT molecular complexity index is 1180. The van der Waals surface area contributed by atoms with Gasteiger partial charge in [0.1, 0.15) is 17.1 Å². The fraction of sp³-hybridized carbons (Fsp3) is 0.348. The fourth-order valence-electron chi connectivity index (χ4n) is 4.04. The van der Waals surface area contributed by atoms with Gasteiger partial charge in [0, 0.05) is 30.9 Å². The average Bonchev–Trinajstić information content (AvgIpc) is 3.30. The number of anilines is 1. The summed E-state index contributed by atoms with van der Waals surface area (Å²) in [4.78, 5) is 15.0. The number of rotatable bonds is 5. The maximum absolute atomic E-state index is 15.6. The van der Waals surface area contributed by atoms with Crippen LogP contribution in [0, 0.1) is 18.2 Å². The van der Waals surface area contributed by atoms with Gasteiger partial charge >= 0.3 is 6.01 Å². The highest BCUT2D eigenvalue weighted by molar-refractivity contribution is 5.91. The molecule has 2 aliphatic heterocycles. The van der Waals surface area contributed by atoms with Crippen LogP contribution in [0.1, 0.15) is 36.4 Å². The van der Waals surface area contributed by atoms with Crippen molar-refractivity contribution in [2.75, 3.05) is 31.6 Å². The van der Waals surface area contributed by atoms with Crippen LogP contribution in [-0.4, -0.2) is 41.7 Å². The first-order chi connectivity index (χ1) is 15.2. The minimum Gasteiger partial charge on any atom is -0.467 e. The number of benzene rings is 1. The first-order valence-electron chi connectivity index (χ1n) is 10.4. The number of aromatic nitrogens is 3. The number of hydrogen-bond acceptors (Lipinski definition) is 7. The quantitative estimate of drug-likeness (QED) is 0.634. The molecule has 0 saturated carbocycles. The number of nitrogens with one attached hydrogen (secondary N) is 1. The Balaban J connectivity index is 1.66. The van der Waals surface area contributed by atoms with Crippen LogP contribution in [0.15, 0.2) is 24.4 Å². The number of pyridine rings is 1. The normalized spacial score (nSPS) is 18.0.